The van der Waals surface area contributed by atoms with Crippen molar-refractivity contribution in [3.8, 4) is 39.5 Å². The molecule has 0 fully saturated rings. The number of aliphatic imine (C=N–C) groups is 1. The van der Waals surface area contributed by atoms with Gasteiger partial charge < -0.3 is 4.57 Å². The lowest BCUT2D eigenvalue weighted by Gasteiger charge is -2.36. The maximum absolute atomic E-state index is 5.24. The van der Waals surface area contributed by atoms with Gasteiger partial charge in [0.05, 0.1) is 27.7 Å². The molecule has 1 atom stereocenters. The number of aromatic nitrogens is 3. The largest absolute Gasteiger partial charge is 0.309 e. The molecule has 2 aliphatic rings. The molecule has 1 unspecified atom stereocenters. The summed E-state index contributed by atoms with van der Waals surface area (Å²) in [6.07, 6.45) is 5.17. The summed E-state index contributed by atoms with van der Waals surface area (Å²) in [5, 5.41) is 3.51. The Hall–Kier alpha value is -6.91. The van der Waals surface area contributed by atoms with E-state index >= 15 is 0 Å². The summed E-state index contributed by atoms with van der Waals surface area (Å²) < 4.78 is 2.47. The van der Waals surface area contributed by atoms with Gasteiger partial charge in [-0.05, 0) is 64.6 Å². The highest BCUT2D eigenvalue weighted by Crippen LogP contribution is 2.59. The normalized spacial score (nSPS) is 16.1. The topological polar surface area (TPSA) is 43.1 Å². The average Bonchev–Trinajstić information content (AvgIpc) is 3.75. The molecular formula is C50H34N4. The van der Waals surface area contributed by atoms with Crippen molar-refractivity contribution >= 4 is 38.9 Å². The number of hydrogen-bond acceptors (Lipinski definition) is 3. The third kappa shape index (κ3) is 4.40. The van der Waals surface area contributed by atoms with E-state index in [-0.39, 0.29) is 0 Å². The smallest absolute Gasteiger partial charge is 0.160 e. The second-order valence-electron chi connectivity index (χ2n) is 14.2. The Bertz CT molecular complexity index is 2990. The van der Waals surface area contributed by atoms with Crippen LogP contribution in [-0.4, -0.2) is 27.3 Å². The van der Waals surface area contributed by atoms with Gasteiger partial charge in [-0.2, -0.15) is 0 Å². The first-order valence-electron chi connectivity index (χ1n) is 18.7. The summed E-state index contributed by atoms with van der Waals surface area (Å²) in [4.78, 5) is 15.0. The van der Waals surface area contributed by atoms with Crippen molar-refractivity contribution in [2.24, 2.45) is 4.99 Å². The molecule has 254 valence electrons. The quantitative estimate of drug-likeness (QED) is 0.180. The van der Waals surface area contributed by atoms with Gasteiger partial charge in [0.15, 0.2) is 5.82 Å². The summed E-state index contributed by atoms with van der Waals surface area (Å²) in [7, 11) is 0. The first kappa shape index (κ1) is 30.7. The highest BCUT2D eigenvalue weighted by molar-refractivity contribution is 6.16. The lowest BCUT2D eigenvalue weighted by atomic mass is 9.66. The van der Waals surface area contributed by atoms with Gasteiger partial charge in [0.1, 0.15) is 0 Å². The van der Waals surface area contributed by atoms with Crippen LogP contribution in [0.5, 0.6) is 0 Å². The van der Waals surface area contributed by atoms with E-state index < -0.39 is 5.41 Å². The zero-order valence-electron chi connectivity index (χ0n) is 29.5. The van der Waals surface area contributed by atoms with Crippen LogP contribution >= 0.6 is 0 Å². The van der Waals surface area contributed by atoms with Crippen molar-refractivity contribution in [3.05, 3.63) is 198 Å². The van der Waals surface area contributed by atoms with Crippen LogP contribution in [0.4, 0.5) is 0 Å². The van der Waals surface area contributed by atoms with Gasteiger partial charge in [0, 0.05) is 51.3 Å². The van der Waals surface area contributed by atoms with Crippen molar-refractivity contribution in [2.45, 2.75) is 11.8 Å². The van der Waals surface area contributed by atoms with E-state index in [1.807, 2.05) is 18.3 Å². The van der Waals surface area contributed by atoms with Gasteiger partial charge in [0.25, 0.3) is 0 Å². The Balaban J connectivity index is 1.21. The van der Waals surface area contributed by atoms with E-state index in [2.05, 4.69) is 173 Å². The fraction of sp³-hybridized carbons (Fsp3) is 0.0600. The highest BCUT2D eigenvalue weighted by Gasteiger charge is 2.48. The van der Waals surface area contributed by atoms with E-state index in [0.717, 1.165) is 46.4 Å². The SMILES string of the molecule is C1=NCCC(C2(c3ccccc3)c3ccccc3-c3c2ccc2c4ccccc4n(-c4cccc(-c5nc(-c6ccccc6)c6ccccc6n5)c4)c32)=C1. The predicted molar refractivity (Wildman–Crippen MR) is 223 cm³/mol. The fourth-order valence-electron chi connectivity index (χ4n) is 9.22. The minimum Gasteiger partial charge on any atom is -0.309 e. The van der Waals surface area contributed by atoms with Crippen molar-refractivity contribution in [1.82, 2.24) is 14.5 Å². The van der Waals surface area contributed by atoms with Gasteiger partial charge in [-0.15, -0.1) is 0 Å². The molecule has 3 heterocycles. The summed E-state index contributed by atoms with van der Waals surface area (Å²) >= 11 is 0. The first-order valence-corrected chi connectivity index (χ1v) is 18.7. The molecule has 0 bridgehead atoms. The Morgan fingerprint density at radius 2 is 1.30 bits per heavy atom. The molecule has 4 nitrogen and oxygen atoms in total. The number of rotatable bonds is 5. The van der Waals surface area contributed by atoms with E-state index in [1.165, 1.54) is 55.2 Å². The highest BCUT2D eigenvalue weighted by atomic mass is 15.0. The summed E-state index contributed by atoms with van der Waals surface area (Å²) in [5.41, 5.74) is 14.8. The molecular weight excluding hydrogens is 657 g/mol. The van der Waals surface area contributed by atoms with Crippen LogP contribution < -0.4 is 0 Å². The van der Waals surface area contributed by atoms with Crippen LogP contribution in [-0.2, 0) is 5.41 Å². The maximum atomic E-state index is 5.24. The number of dihydropyridines is 1. The van der Waals surface area contributed by atoms with Crippen LogP contribution in [0.1, 0.15) is 23.1 Å². The van der Waals surface area contributed by atoms with Crippen LogP contribution in [0.15, 0.2) is 186 Å². The van der Waals surface area contributed by atoms with Gasteiger partial charge in [0.2, 0.25) is 0 Å². The Morgan fingerprint density at radius 3 is 2.15 bits per heavy atom. The fourth-order valence-corrected chi connectivity index (χ4v) is 9.22. The number of para-hydroxylation sites is 2. The molecule has 0 N–H and O–H groups in total. The number of hydrogen-bond donors (Lipinski definition) is 0. The lowest BCUT2D eigenvalue weighted by molar-refractivity contribution is 0.695. The van der Waals surface area contributed by atoms with Crippen molar-refractivity contribution in [1.29, 1.82) is 0 Å². The average molecular weight is 691 g/mol. The molecule has 0 saturated carbocycles. The standard InChI is InChI=1S/C50H34N4/c1-3-14-33(15-4-1)47-41-22-8-11-24-44(41)52-49(53-47)34-16-13-19-37(32-34)54-45-25-12-9-20-38(45)39-26-27-43-46(48(39)54)40-21-7-10-23-42(40)50(43,35-17-5-2-6-18-35)36-28-30-51-31-29-36/h1-28,30,32H,29,31H2. The van der Waals surface area contributed by atoms with Crippen molar-refractivity contribution < 1.29 is 0 Å². The molecule has 4 heteroatoms. The number of allylic oxidation sites excluding steroid dienone is 1. The molecule has 0 saturated heterocycles. The lowest BCUT2D eigenvalue weighted by Crippen LogP contribution is -2.31. The molecule has 2 aromatic heterocycles. The third-order valence-corrected chi connectivity index (χ3v) is 11.4. The van der Waals surface area contributed by atoms with E-state index in [1.54, 1.807) is 0 Å². The summed E-state index contributed by atoms with van der Waals surface area (Å²) in [5.74, 6) is 0.708. The summed E-state index contributed by atoms with van der Waals surface area (Å²) in [6.45, 7) is 0.788. The van der Waals surface area contributed by atoms with Gasteiger partial charge in [-0.3, -0.25) is 4.99 Å². The maximum Gasteiger partial charge on any atom is 0.160 e. The van der Waals surface area contributed by atoms with E-state index in [4.69, 9.17) is 9.97 Å². The molecule has 0 spiro atoms. The zero-order chi connectivity index (χ0) is 35.6. The van der Waals surface area contributed by atoms with Crippen LogP contribution in [0.2, 0.25) is 0 Å². The Labute approximate surface area is 313 Å². The van der Waals surface area contributed by atoms with Crippen molar-refractivity contribution in [2.75, 3.05) is 6.54 Å². The molecule has 9 aromatic rings. The van der Waals surface area contributed by atoms with Crippen LogP contribution in [0.3, 0.4) is 0 Å². The second-order valence-corrected chi connectivity index (χ2v) is 14.2. The number of benzene rings is 7. The van der Waals surface area contributed by atoms with Gasteiger partial charge in [-0.25, -0.2) is 9.97 Å². The molecule has 11 rings (SSSR count). The minimum absolute atomic E-state index is 0.441. The zero-order valence-corrected chi connectivity index (χ0v) is 29.5. The van der Waals surface area contributed by atoms with E-state index in [0.29, 0.717) is 5.82 Å². The number of fused-ring (bicyclic) bond motifs is 8. The first-order chi connectivity index (χ1) is 26.8. The molecule has 54 heavy (non-hydrogen) atoms. The molecule has 7 aromatic carbocycles. The predicted octanol–water partition coefficient (Wildman–Crippen LogP) is 11.8. The monoisotopic (exact) mass is 690 g/mol. The van der Waals surface area contributed by atoms with Gasteiger partial charge in [-0.1, -0.05) is 146 Å². The van der Waals surface area contributed by atoms with Crippen LogP contribution in [0, 0.1) is 0 Å². The van der Waals surface area contributed by atoms with Gasteiger partial charge >= 0.3 is 0 Å². The molecule has 0 radical (unpaired) electrons. The molecule has 1 aliphatic heterocycles. The summed E-state index contributed by atoms with van der Waals surface area (Å²) in [6, 6.07) is 61.2. The van der Waals surface area contributed by atoms with Crippen molar-refractivity contribution in [3.63, 3.8) is 0 Å². The van der Waals surface area contributed by atoms with Crippen LogP contribution in [0.25, 0.3) is 72.2 Å². The minimum atomic E-state index is -0.441. The Morgan fingerprint density at radius 1 is 0.556 bits per heavy atom. The second kappa shape index (κ2) is 12.1. The molecule has 0 amide bonds. The van der Waals surface area contributed by atoms with E-state index in [9.17, 15) is 0 Å². The molecule has 1 aliphatic carbocycles. The number of nitrogens with zero attached hydrogens (tertiary/aromatic N) is 4. The Kier molecular flexibility index (Phi) is 6.86. The third-order valence-electron chi connectivity index (χ3n) is 11.4.